The average Bonchev–Trinajstić information content (AvgIpc) is 1.96. The number of carboxylic acid groups (broad SMARTS) is 1. The predicted molar refractivity (Wildman–Crippen MR) is 43.9 cm³/mol. The van der Waals surface area contributed by atoms with Crippen LogP contribution in [0.1, 0.15) is 27.2 Å². The fraction of sp³-hybridized carbons (Fsp3) is 0.875. The van der Waals surface area contributed by atoms with Gasteiger partial charge in [0.2, 0.25) is 0 Å². The first-order chi connectivity index (χ1) is 5.57. The van der Waals surface area contributed by atoms with Crippen molar-refractivity contribution >= 4 is 5.97 Å². The van der Waals surface area contributed by atoms with Crippen LogP contribution in [-0.4, -0.2) is 30.1 Å². The smallest absolute Gasteiger partial charge is 0.361 e. The molecule has 1 N–H and O–H groups in total. The van der Waals surface area contributed by atoms with Crippen molar-refractivity contribution in [3.8, 4) is 0 Å². The summed E-state index contributed by atoms with van der Waals surface area (Å²) in [4.78, 5) is 10.5. The van der Waals surface area contributed by atoms with Crippen molar-refractivity contribution in [3.05, 3.63) is 0 Å². The molecule has 0 amide bonds. The zero-order valence-electron chi connectivity index (χ0n) is 7.74. The van der Waals surface area contributed by atoms with E-state index in [0.29, 0.717) is 6.61 Å². The van der Waals surface area contributed by atoms with E-state index in [1.54, 1.807) is 13.8 Å². The monoisotopic (exact) mass is 176 g/mol. The predicted octanol–water partition coefficient (Wildman–Crippen LogP) is 1.25. The first-order valence-corrected chi connectivity index (χ1v) is 4.07. The number of rotatable bonds is 6. The van der Waals surface area contributed by atoms with Crippen LogP contribution in [0.4, 0.5) is 0 Å². The Hall–Kier alpha value is -0.610. The van der Waals surface area contributed by atoms with E-state index < -0.39 is 12.3 Å². The Morgan fingerprint density at radius 1 is 1.50 bits per heavy atom. The summed E-state index contributed by atoms with van der Waals surface area (Å²) >= 11 is 0. The van der Waals surface area contributed by atoms with E-state index in [4.69, 9.17) is 14.6 Å². The summed E-state index contributed by atoms with van der Waals surface area (Å²) in [6.45, 7) is 5.86. The molecule has 12 heavy (non-hydrogen) atoms. The molecule has 0 radical (unpaired) electrons. The molecule has 0 aliphatic carbocycles. The maximum absolute atomic E-state index is 10.5. The SMILES string of the molecule is CCCOC(OC(C)C)C(=O)O. The third-order valence-electron chi connectivity index (χ3n) is 1.07. The van der Waals surface area contributed by atoms with Gasteiger partial charge in [-0.15, -0.1) is 0 Å². The van der Waals surface area contributed by atoms with Gasteiger partial charge in [-0.05, 0) is 20.3 Å². The minimum atomic E-state index is -1.12. The molecule has 0 heterocycles. The molecule has 0 fully saturated rings. The van der Waals surface area contributed by atoms with Crippen molar-refractivity contribution in [1.82, 2.24) is 0 Å². The first-order valence-electron chi connectivity index (χ1n) is 4.07. The molecule has 0 saturated heterocycles. The van der Waals surface area contributed by atoms with E-state index in [0.717, 1.165) is 6.42 Å². The van der Waals surface area contributed by atoms with Gasteiger partial charge in [0.25, 0.3) is 6.29 Å². The number of carbonyl (C=O) groups is 1. The highest BCUT2D eigenvalue weighted by Crippen LogP contribution is 2.00. The van der Waals surface area contributed by atoms with Crippen molar-refractivity contribution in [2.24, 2.45) is 0 Å². The second-order valence-electron chi connectivity index (χ2n) is 2.73. The number of hydrogen-bond donors (Lipinski definition) is 1. The third-order valence-corrected chi connectivity index (χ3v) is 1.07. The molecule has 0 rings (SSSR count). The quantitative estimate of drug-likeness (QED) is 0.619. The van der Waals surface area contributed by atoms with E-state index in [1.165, 1.54) is 0 Å². The van der Waals surface area contributed by atoms with Crippen molar-refractivity contribution in [2.75, 3.05) is 6.61 Å². The molecule has 0 aliphatic rings. The Morgan fingerprint density at radius 2 is 2.08 bits per heavy atom. The van der Waals surface area contributed by atoms with Gasteiger partial charge >= 0.3 is 5.97 Å². The Bertz CT molecular complexity index is 133. The molecular formula is C8H16O4. The van der Waals surface area contributed by atoms with E-state index >= 15 is 0 Å². The summed E-state index contributed by atoms with van der Waals surface area (Å²) in [6.07, 6.45) is -0.474. The number of carboxylic acids is 1. The van der Waals surface area contributed by atoms with Crippen LogP contribution in [0.2, 0.25) is 0 Å². The van der Waals surface area contributed by atoms with E-state index in [1.807, 2.05) is 6.92 Å². The average molecular weight is 176 g/mol. The molecule has 0 aromatic heterocycles. The molecule has 0 saturated carbocycles. The van der Waals surface area contributed by atoms with Crippen LogP contribution >= 0.6 is 0 Å². The number of aliphatic carboxylic acids is 1. The number of hydrogen-bond acceptors (Lipinski definition) is 3. The molecular weight excluding hydrogens is 160 g/mol. The Labute approximate surface area is 72.5 Å². The summed E-state index contributed by atoms with van der Waals surface area (Å²) in [5.41, 5.74) is 0. The molecule has 4 nitrogen and oxygen atoms in total. The molecule has 1 atom stereocenters. The third kappa shape index (κ3) is 5.09. The molecule has 0 aromatic rings. The summed E-state index contributed by atoms with van der Waals surface area (Å²) in [6, 6.07) is 0. The Kier molecular flexibility index (Phi) is 5.66. The first kappa shape index (κ1) is 11.4. The molecule has 72 valence electrons. The normalized spacial score (nSPS) is 13.3. The van der Waals surface area contributed by atoms with Crippen LogP contribution < -0.4 is 0 Å². The maximum Gasteiger partial charge on any atom is 0.361 e. The van der Waals surface area contributed by atoms with Crippen molar-refractivity contribution < 1.29 is 19.4 Å². The van der Waals surface area contributed by atoms with Crippen LogP contribution in [-0.2, 0) is 14.3 Å². The van der Waals surface area contributed by atoms with Gasteiger partial charge in [0.15, 0.2) is 0 Å². The highest BCUT2D eigenvalue weighted by Gasteiger charge is 2.19. The van der Waals surface area contributed by atoms with Crippen LogP contribution in [0, 0.1) is 0 Å². The minimum Gasteiger partial charge on any atom is -0.477 e. The van der Waals surface area contributed by atoms with Gasteiger partial charge in [0.1, 0.15) is 0 Å². The van der Waals surface area contributed by atoms with E-state index in [-0.39, 0.29) is 6.10 Å². The summed E-state index contributed by atoms with van der Waals surface area (Å²) in [7, 11) is 0. The van der Waals surface area contributed by atoms with Gasteiger partial charge < -0.3 is 14.6 Å². The lowest BCUT2D eigenvalue weighted by Gasteiger charge is -2.16. The lowest BCUT2D eigenvalue weighted by Crippen LogP contribution is -2.30. The van der Waals surface area contributed by atoms with Crippen molar-refractivity contribution in [3.63, 3.8) is 0 Å². The second kappa shape index (κ2) is 5.97. The van der Waals surface area contributed by atoms with Crippen molar-refractivity contribution in [2.45, 2.75) is 39.6 Å². The van der Waals surface area contributed by atoms with Crippen LogP contribution in [0.15, 0.2) is 0 Å². The topological polar surface area (TPSA) is 55.8 Å². The minimum absolute atomic E-state index is 0.136. The molecule has 0 bridgehead atoms. The maximum atomic E-state index is 10.5. The molecule has 0 spiro atoms. The fourth-order valence-corrected chi connectivity index (χ4v) is 0.641. The molecule has 4 heteroatoms. The Balaban J connectivity index is 3.78. The van der Waals surface area contributed by atoms with E-state index in [2.05, 4.69) is 0 Å². The van der Waals surface area contributed by atoms with Gasteiger partial charge in [0, 0.05) is 0 Å². The number of ether oxygens (including phenoxy) is 2. The van der Waals surface area contributed by atoms with Gasteiger partial charge in [-0.25, -0.2) is 4.79 Å². The summed E-state index contributed by atoms with van der Waals surface area (Å²) in [5, 5.41) is 8.60. The standard InChI is InChI=1S/C8H16O4/c1-4-5-11-8(7(9)10)12-6(2)3/h6,8H,4-5H2,1-3H3,(H,9,10). The molecule has 0 aliphatic heterocycles. The lowest BCUT2D eigenvalue weighted by atomic mass is 10.4. The highest BCUT2D eigenvalue weighted by atomic mass is 16.7. The largest absolute Gasteiger partial charge is 0.477 e. The van der Waals surface area contributed by atoms with Gasteiger partial charge in [-0.3, -0.25) is 0 Å². The lowest BCUT2D eigenvalue weighted by molar-refractivity contribution is -0.197. The van der Waals surface area contributed by atoms with Crippen LogP contribution in [0.5, 0.6) is 0 Å². The highest BCUT2D eigenvalue weighted by molar-refractivity contribution is 5.70. The van der Waals surface area contributed by atoms with Gasteiger partial charge in [0.05, 0.1) is 12.7 Å². The van der Waals surface area contributed by atoms with Gasteiger partial charge in [-0.1, -0.05) is 6.92 Å². The fourth-order valence-electron chi connectivity index (χ4n) is 0.641. The molecule has 1 unspecified atom stereocenters. The summed E-state index contributed by atoms with van der Waals surface area (Å²) in [5.74, 6) is -1.07. The van der Waals surface area contributed by atoms with Gasteiger partial charge in [-0.2, -0.15) is 0 Å². The van der Waals surface area contributed by atoms with Crippen LogP contribution in [0.3, 0.4) is 0 Å². The Morgan fingerprint density at radius 3 is 2.42 bits per heavy atom. The second-order valence-corrected chi connectivity index (χ2v) is 2.73. The van der Waals surface area contributed by atoms with Crippen LogP contribution in [0.25, 0.3) is 0 Å². The summed E-state index contributed by atoms with van der Waals surface area (Å²) < 4.78 is 9.93. The molecule has 0 aromatic carbocycles. The van der Waals surface area contributed by atoms with E-state index in [9.17, 15) is 4.79 Å². The zero-order chi connectivity index (χ0) is 9.56. The van der Waals surface area contributed by atoms with Crippen molar-refractivity contribution in [1.29, 1.82) is 0 Å². The zero-order valence-corrected chi connectivity index (χ0v) is 7.74.